The fraction of sp³-hybridized carbons (Fsp3) is 0.600. The van der Waals surface area contributed by atoms with Crippen molar-refractivity contribution in [1.82, 2.24) is 10.8 Å². The molecule has 3 amide bonds. The van der Waals surface area contributed by atoms with Crippen molar-refractivity contribution in [1.29, 1.82) is 0 Å². The van der Waals surface area contributed by atoms with Gasteiger partial charge in [-0.05, 0) is 0 Å². The van der Waals surface area contributed by atoms with Crippen LogP contribution in [0.2, 0.25) is 0 Å². The largest absolute Gasteiger partial charge is 0.413 e. The Morgan fingerprint density at radius 2 is 1.93 bits per heavy atom. The van der Waals surface area contributed by atoms with Crippen LogP contribution in [0.25, 0.3) is 0 Å². The van der Waals surface area contributed by atoms with Gasteiger partial charge in [0.15, 0.2) is 6.61 Å². The smallest absolute Gasteiger partial charge is 0.351 e. The Balaban J connectivity index is 3.46. The lowest BCUT2D eigenvalue weighted by Crippen LogP contribution is -2.41. The van der Waals surface area contributed by atoms with E-state index in [0.717, 1.165) is 0 Å². The number of halogens is 3. The monoisotopic (exact) mass is 215 g/mol. The van der Waals surface area contributed by atoms with Crippen LogP contribution in [-0.4, -0.2) is 31.3 Å². The molecule has 0 atom stereocenters. The molecule has 82 valence electrons. The van der Waals surface area contributed by atoms with Crippen LogP contribution in [0.1, 0.15) is 0 Å². The second kappa shape index (κ2) is 5.40. The highest BCUT2D eigenvalue weighted by Crippen LogP contribution is 2.13. The van der Waals surface area contributed by atoms with Gasteiger partial charge in [0.05, 0.1) is 0 Å². The molecule has 6 nitrogen and oxygen atoms in total. The highest BCUT2D eigenvalue weighted by molar-refractivity contribution is 5.94. The maximum Gasteiger partial charge on any atom is 0.413 e. The van der Waals surface area contributed by atoms with Crippen LogP contribution < -0.4 is 16.5 Å². The van der Waals surface area contributed by atoms with E-state index in [2.05, 4.69) is 10.6 Å². The molecule has 0 aromatic rings. The van der Waals surface area contributed by atoms with E-state index in [1.54, 1.807) is 10.8 Å². The summed E-state index contributed by atoms with van der Waals surface area (Å²) in [7, 11) is 0. The van der Waals surface area contributed by atoms with E-state index in [9.17, 15) is 22.8 Å². The quantitative estimate of drug-likeness (QED) is 0.425. The van der Waals surface area contributed by atoms with Crippen molar-refractivity contribution in [2.45, 2.75) is 6.18 Å². The van der Waals surface area contributed by atoms with Crippen LogP contribution in [0, 0.1) is 0 Å². The molecule has 0 aliphatic carbocycles. The molecule has 14 heavy (non-hydrogen) atoms. The summed E-state index contributed by atoms with van der Waals surface area (Å²) in [5.41, 5.74) is 6.25. The molecular formula is C5H8F3N3O3. The number of rotatable bonds is 4. The van der Waals surface area contributed by atoms with Crippen molar-refractivity contribution in [3.8, 4) is 0 Å². The topological polar surface area (TPSA) is 93.5 Å². The molecule has 0 saturated heterocycles. The van der Waals surface area contributed by atoms with Crippen LogP contribution in [0.15, 0.2) is 0 Å². The van der Waals surface area contributed by atoms with Gasteiger partial charge in [0.2, 0.25) is 5.91 Å². The maximum atomic E-state index is 11.5. The predicted octanol–water partition coefficient (Wildman–Crippen LogP) is -0.735. The van der Waals surface area contributed by atoms with Gasteiger partial charge in [0.1, 0.15) is 6.54 Å². The van der Waals surface area contributed by atoms with Gasteiger partial charge in [-0.3, -0.25) is 14.9 Å². The number of primary amides is 1. The van der Waals surface area contributed by atoms with Crippen molar-refractivity contribution < 1.29 is 27.6 Å². The molecule has 0 aromatic heterocycles. The molecule has 0 unspecified atom stereocenters. The van der Waals surface area contributed by atoms with Gasteiger partial charge in [-0.2, -0.15) is 18.7 Å². The summed E-state index contributed by atoms with van der Waals surface area (Å²) >= 11 is 0. The minimum absolute atomic E-state index is 0.598. The number of hydroxylamine groups is 1. The molecule has 0 aliphatic heterocycles. The number of nitrogens with one attached hydrogen (secondary N) is 2. The molecule has 0 radical (unpaired) electrons. The molecule has 0 spiro atoms. The molecular weight excluding hydrogens is 207 g/mol. The normalized spacial score (nSPS) is 11.1. The Labute approximate surface area is 76.5 Å². The number of hydrogen-bond acceptors (Lipinski definition) is 4. The summed E-state index contributed by atoms with van der Waals surface area (Å²) in [5, 5.41) is 1.62. The molecule has 9 heteroatoms. The van der Waals surface area contributed by atoms with E-state index in [1.807, 2.05) is 0 Å². The lowest BCUT2D eigenvalue weighted by molar-refractivity contribution is -0.189. The number of imide groups is 1. The van der Waals surface area contributed by atoms with E-state index in [1.165, 1.54) is 0 Å². The summed E-state index contributed by atoms with van der Waals surface area (Å²) in [5.74, 6) is -0.889. The van der Waals surface area contributed by atoms with Crippen molar-refractivity contribution >= 4 is 11.9 Å². The third kappa shape index (κ3) is 8.74. The number of nitrogens with two attached hydrogens (primary N) is 1. The van der Waals surface area contributed by atoms with Gasteiger partial charge in [-0.1, -0.05) is 0 Å². The molecule has 0 saturated carbocycles. The highest BCUT2D eigenvalue weighted by atomic mass is 19.4. The van der Waals surface area contributed by atoms with Crippen molar-refractivity contribution in [3.63, 3.8) is 0 Å². The predicted molar refractivity (Wildman–Crippen MR) is 37.7 cm³/mol. The highest BCUT2D eigenvalue weighted by Gasteiger charge is 2.27. The Kier molecular flexibility index (Phi) is 4.87. The van der Waals surface area contributed by atoms with E-state index < -0.39 is 31.3 Å². The first kappa shape index (κ1) is 12.7. The number of alkyl halides is 3. The SMILES string of the molecule is NC(=O)NC(=O)CNOCC(F)(F)F. The minimum atomic E-state index is -4.48. The molecule has 0 aromatic carbocycles. The van der Waals surface area contributed by atoms with Crippen molar-refractivity contribution in [2.75, 3.05) is 13.2 Å². The maximum absolute atomic E-state index is 11.5. The number of amides is 3. The first-order valence-electron chi connectivity index (χ1n) is 3.32. The molecule has 0 heterocycles. The number of carbonyl (C=O) groups excluding carboxylic acids is 2. The summed E-state index contributed by atoms with van der Waals surface area (Å²) in [6, 6.07) is -1.09. The average molecular weight is 215 g/mol. The fourth-order valence-corrected chi connectivity index (χ4v) is 0.431. The van der Waals surface area contributed by atoms with Crippen LogP contribution in [0.4, 0.5) is 18.0 Å². The number of carbonyl (C=O) groups is 2. The van der Waals surface area contributed by atoms with Gasteiger partial charge in [0.25, 0.3) is 0 Å². The Morgan fingerprint density at radius 1 is 1.36 bits per heavy atom. The van der Waals surface area contributed by atoms with Gasteiger partial charge in [-0.15, -0.1) is 0 Å². The summed E-state index contributed by atoms with van der Waals surface area (Å²) in [6.07, 6.45) is -4.48. The van der Waals surface area contributed by atoms with Crippen molar-refractivity contribution in [2.24, 2.45) is 5.73 Å². The lowest BCUT2D eigenvalue weighted by Gasteiger charge is -2.07. The standard InChI is InChI=1S/C5H8F3N3O3/c6-5(7,8)2-14-10-1-3(12)11-4(9)13/h10H,1-2H2,(H3,9,11,12,13). The summed E-state index contributed by atoms with van der Waals surface area (Å²) < 4.78 is 34.4. The van der Waals surface area contributed by atoms with Crippen LogP contribution in [-0.2, 0) is 9.63 Å². The first-order valence-corrected chi connectivity index (χ1v) is 3.32. The number of urea groups is 1. The Hall–Kier alpha value is -1.35. The molecule has 0 rings (SSSR count). The molecule has 0 aliphatic rings. The zero-order valence-corrected chi connectivity index (χ0v) is 6.85. The van der Waals surface area contributed by atoms with Crippen LogP contribution in [0.5, 0.6) is 0 Å². The van der Waals surface area contributed by atoms with Crippen LogP contribution in [0.3, 0.4) is 0 Å². The lowest BCUT2D eigenvalue weighted by atomic mass is 10.6. The van der Waals surface area contributed by atoms with E-state index in [0.29, 0.717) is 0 Å². The third-order valence-corrected chi connectivity index (χ3v) is 0.833. The Bertz CT molecular complexity index is 218. The van der Waals surface area contributed by atoms with Gasteiger partial charge >= 0.3 is 12.2 Å². The zero-order chi connectivity index (χ0) is 11.2. The van der Waals surface area contributed by atoms with Crippen LogP contribution >= 0.6 is 0 Å². The molecule has 0 bridgehead atoms. The van der Waals surface area contributed by atoms with Gasteiger partial charge in [-0.25, -0.2) is 4.79 Å². The van der Waals surface area contributed by atoms with Gasteiger partial charge in [0, 0.05) is 0 Å². The Morgan fingerprint density at radius 3 is 2.36 bits per heavy atom. The third-order valence-electron chi connectivity index (χ3n) is 0.833. The molecule has 0 fully saturated rings. The van der Waals surface area contributed by atoms with E-state index >= 15 is 0 Å². The summed E-state index contributed by atoms with van der Waals surface area (Å²) in [4.78, 5) is 24.4. The van der Waals surface area contributed by atoms with E-state index in [4.69, 9.17) is 0 Å². The minimum Gasteiger partial charge on any atom is -0.351 e. The first-order chi connectivity index (χ1) is 6.31. The van der Waals surface area contributed by atoms with Crippen molar-refractivity contribution in [3.05, 3.63) is 0 Å². The van der Waals surface area contributed by atoms with Gasteiger partial charge < -0.3 is 5.73 Å². The van der Waals surface area contributed by atoms with E-state index in [-0.39, 0.29) is 0 Å². The zero-order valence-electron chi connectivity index (χ0n) is 6.85. The second-order valence-corrected chi connectivity index (χ2v) is 2.14. The number of hydrogen-bond donors (Lipinski definition) is 3. The second-order valence-electron chi connectivity index (χ2n) is 2.14. The summed E-state index contributed by atoms with van der Waals surface area (Å²) in [6.45, 7) is -2.13. The molecule has 4 N–H and O–H groups in total. The fourth-order valence-electron chi connectivity index (χ4n) is 0.431. The average Bonchev–Trinajstić information content (AvgIpc) is 1.95.